The average Bonchev–Trinajstić information content (AvgIpc) is 3.41. The van der Waals surface area contributed by atoms with E-state index in [1.165, 1.54) is 289 Å². The van der Waals surface area contributed by atoms with Crippen molar-refractivity contribution in [1.82, 2.24) is 0 Å². The highest BCUT2D eigenvalue weighted by Gasteiger charge is 2.19. The molecule has 444 valence electrons. The summed E-state index contributed by atoms with van der Waals surface area (Å²) < 4.78 is 16.9. The zero-order valence-corrected chi connectivity index (χ0v) is 51.1. The fourth-order valence-corrected chi connectivity index (χ4v) is 10.6. The maximum atomic E-state index is 12.9. The number of unbranched alkanes of at least 4 members (excludes halogenated alkanes) is 51. The highest BCUT2D eigenvalue weighted by atomic mass is 16.6. The lowest BCUT2D eigenvalue weighted by molar-refractivity contribution is -0.167. The Labute approximate surface area is 469 Å². The highest BCUT2D eigenvalue weighted by molar-refractivity contribution is 5.71. The standard InChI is InChI=1S/C69H132O6/c1-4-7-10-13-16-19-22-24-26-27-28-29-30-31-32-33-34-35-36-37-38-39-40-41-42-43-45-47-50-53-56-59-62-68(71)74-65-66(64-73-67(70)61-58-55-52-49-46-21-18-15-12-9-6-3)75-69(72)63-60-57-54-51-48-44-25-23-20-17-14-11-8-5-2/h23,25,66H,4-22,24,26-65H2,1-3H3/b25-23-. The molecule has 0 aliphatic rings. The zero-order valence-electron chi connectivity index (χ0n) is 51.1. The third-order valence-corrected chi connectivity index (χ3v) is 15.8. The molecule has 0 saturated heterocycles. The number of ether oxygens (including phenoxy) is 3. The lowest BCUT2D eigenvalue weighted by atomic mass is 10.0. The quantitative estimate of drug-likeness (QED) is 0.0261. The van der Waals surface area contributed by atoms with Gasteiger partial charge in [0, 0.05) is 19.3 Å². The van der Waals surface area contributed by atoms with E-state index in [9.17, 15) is 14.4 Å². The number of carbonyl (C=O) groups is 3. The Hall–Kier alpha value is -1.85. The minimum Gasteiger partial charge on any atom is -0.462 e. The number of hydrogen-bond donors (Lipinski definition) is 0. The Kier molecular flexibility index (Phi) is 63.1. The molecule has 0 aliphatic carbocycles. The van der Waals surface area contributed by atoms with Crippen LogP contribution in [0.15, 0.2) is 12.2 Å². The van der Waals surface area contributed by atoms with Crippen molar-refractivity contribution in [3.8, 4) is 0 Å². The van der Waals surface area contributed by atoms with Gasteiger partial charge >= 0.3 is 17.9 Å². The lowest BCUT2D eigenvalue weighted by Gasteiger charge is -2.18. The second-order valence-electron chi connectivity index (χ2n) is 23.5. The summed E-state index contributed by atoms with van der Waals surface area (Å²) in [5, 5.41) is 0. The molecule has 0 rings (SSSR count). The maximum absolute atomic E-state index is 12.9. The van der Waals surface area contributed by atoms with E-state index in [2.05, 4.69) is 32.9 Å². The van der Waals surface area contributed by atoms with Crippen LogP contribution < -0.4 is 0 Å². The summed E-state index contributed by atoms with van der Waals surface area (Å²) in [5.41, 5.74) is 0. The SMILES string of the molecule is CCCCCCC/C=C\CCCCCCCC(=O)OC(COC(=O)CCCCCCCCCCCCC)COC(=O)CCCCCCCCCCCCCCCCCCCCCCCCCCCCCCCCCC. The Bertz CT molecular complexity index is 1170. The summed E-state index contributed by atoms with van der Waals surface area (Å²) in [6, 6.07) is 0. The summed E-state index contributed by atoms with van der Waals surface area (Å²) in [6.07, 6.45) is 76.9. The summed E-state index contributed by atoms with van der Waals surface area (Å²) in [7, 11) is 0. The molecule has 0 N–H and O–H groups in total. The molecule has 6 nitrogen and oxygen atoms in total. The van der Waals surface area contributed by atoms with Crippen LogP contribution in [0.4, 0.5) is 0 Å². The van der Waals surface area contributed by atoms with E-state index in [0.717, 1.165) is 64.2 Å². The third kappa shape index (κ3) is 62.9. The normalized spacial score (nSPS) is 12.0. The molecule has 0 aromatic carbocycles. The van der Waals surface area contributed by atoms with Gasteiger partial charge in [0.25, 0.3) is 0 Å². The molecule has 6 heteroatoms. The number of carbonyl (C=O) groups excluding carboxylic acids is 3. The fourth-order valence-electron chi connectivity index (χ4n) is 10.6. The molecule has 0 heterocycles. The third-order valence-electron chi connectivity index (χ3n) is 15.8. The predicted octanol–water partition coefficient (Wildman–Crippen LogP) is 23.2. The predicted molar refractivity (Wildman–Crippen MR) is 326 cm³/mol. The van der Waals surface area contributed by atoms with Gasteiger partial charge < -0.3 is 14.2 Å². The van der Waals surface area contributed by atoms with Crippen LogP contribution in [0.3, 0.4) is 0 Å². The van der Waals surface area contributed by atoms with Crippen LogP contribution in [0.2, 0.25) is 0 Å². The number of rotatable bonds is 64. The van der Waals surface area contributed by atoms with E-state index in [1.54, 1.807) is 0 Å². The van der Waals surface area contributed by atoms with Crippen molar-refractivity contribution < 1.29 is 28.6 Å². The van der Waals surface area contributed by atoms with Crippen molar-refractivity contribution in [2.75, 3.05) is 13.2 Å². The van der Waals surface area contributed by atoms with Gasteiger partial charge in [0.15, 0.2) is 6.10 Å². The molecule has 0 bridgehead atoms. The van der Waals surface area contributed by atoms with Gasteiger partial charge in [-0.05, 0) is 44.9 Å². The van der Waals surface area contributed by atoms with Gasteiger partial charge in [0.1, 0.15) is 13.2 Å². The van der Waals surface area contributed by atoms with Gasteiger partial charge in [-0.1, -0.05) is 341 Å². The van der Waals surface area contributed by atoms with E-state index in [1.807, 2.05) is 0 Å². The largest absolute Gasteiger partial charge is 0.462 e. The van der Waals surface area contributed by atoms with Crippen LogP contribution in [-0.2, 0) is 28.6 Å². The molecule has 75 heavy (non-hydrogen) atoms. The van der Waals surface area contributed by atoms with Crippen LogP contribution in [0.1, 0.15) is 393 Å². The summed E-state index contributed by atoms with van der Waals surface area (Å²) in [4.78, 5) is 38.2. The maximum Gasteiger partial charge on any atom is 0.306 e. The van der Waals surface area contributed by atoms with E-state index in [-0.39, 0.29) is 31.1 Å². The van der Waals surface area contributed by atoms with Gasteiger partial charge in [-0.25, -0.2) is 0 Å². The second kappa shape index (κ2) is 64.7. The Morgan fingerprint density at radius 1 is 0.253 bits per heavy atom. The van der Waals surface area contributed by atoms with Crippen LogP contribution >= 0.6 is 0 Å². The highest BCUT2D eigenvalue weighted by Crippen LogP contribution is 2.19. The molecule has 1 unspecified atom stereocenters. The fraction of sp³-hybridized carbons (Fsp3) is 0.928. The molecule has 0 aromatic heterocycles. The number of esters is 3. The van der Waals surface area contributed by atoms with Crippen molar-refractivity contribution >= 4 is 17.9 Å². The molecule has 0 aromatic rings. The average molecular weight is 1060 g/mol. The molecule has 0 spiro atoms. The first kappa shape index (κ1) is 73.2. The van der Waals surface area contributed by atoms with Gasteiger partial charge in [0.05, 0.1) is 0 Å². The Morgan fingerprint density at radius 2 is 0.440 bits per heavy atom. The topological polar surface area (TPSA) is 78.9 Å². The molecular weight excluding hydrogens is 925 g/mol. The monoisotopic (exact) mass is 1060 g/mol. The van der Waals surface area contributed by atoms with Gasteiger partial charge in [-0.15, -0.1) is 0 Å². The second-order valence-corrected chi connectivity index (χ2v) is 23.5. The summed E-state index contributed by atoms with van der Waals surface area (Å²) in [6.45, 7) is 6.69. The van der Waals surface area contributed by atoms with E-state index >= 15 is 0 Å². The van der Waals surface area contributed by atoms with Crippen molar-refractivity contribution in [2.45, 2.75) is 399 Å². The van der Waals surface area contributed by atoms with Crippen molar-refractivity contribution in [3.63, 3.8) is 0 Å². The first-order valence-electron chi connectivity index (χ1n) is 34.2. The van der Waals surface area contributed by atoms with E-state index in [0.29, 0.717) is 19.3 Å². The van der Waals surface area contributed by atoms with Crippen molar-refractivity contribution in [2.24, 2.45) is 0 Å². The molecule has 0 saturated carbocycles. The Balaban J connectivity index is 4.02. The molecule has 0 radical (unpaired) electrons. The van der Waals surface area contributed by atoms with E-state index in [4.69, 9.17) is 14.2 Å². The molecule has 0 aliphatic heterocycles. The minimum atomic E-state index is -0.769. The van der Waals surface area contributed by atoms with Crippen molar-refractivity contribution in [3.05, 3.63) is 12.2 Å². The first-order chi connectivity index (χ1) is 37.0. The van der Waals surface area contributed by atoms with Crippen LogP contribution in [0.25, 0.3) is 0 Å². The summed E-state index contributed by atoms with van der Waals surface area (Å²) >= 11 is 0. The molecule has 1 atom stereocenters. The van der Waals surface area contributed by atoms with Gasteiger partial charge in [-0.2, -0.15) is 0 Å². The molecule has 0 fully saturated rings. The Morgan fingerprint density at radius 3 is 0.667 bits per heavy atom. The van der Waals surface area contributed by atoms with Crippen LogP contribution in [-0.4, -0.2) is 37.2 Å². The van der Waals surface area contributed by atoms with Gasteiger partial charge in [-0.3, -0.25) is 14.4 Å². The zero-order chi connectivity index (χ0) is 54.3. The number of allylic oxidation sites excluding steroid dienone is 2. The van der Waals surface area contributed by atoms with Gasteiger partial charge in [0.2, 0.25) is 0 Å². The lowest BCUT2D eigenvalue weighted by Crippen LogP contribution is -2.30. The minimum absolute atomic E-state index is 0.0673. The van der Waals surface area contributed by atoms with Crippen molar-refractivity contribution in [1.29, 1.82) is 0 Å². The number of hydrogen-bond acceptors (Lipinski definition) is 6. The molecule has 0 amide bonds. The van der Waals surface area contributed by atoms with Crippen LogP contribution in [0, 0.1) is 0 Å². The van der Waals surface area contributed by atoms with E-state index < -0.39 is 6.10 Å². The smallest absolute Gasteiger partial charge is 0.306 e. The van der Waals surface area contributed by atoms with Crippen LogP contribution in [0.5, 0.6) is 0 Å². The first-order valence-corrected chi connectivity index (χ1v) is 34.2. The summed E-state index contributed by atoms with van der Waals surface area (Å²) in [5.74, 6) is -0.849. The molecular formula is C69H132O6.